The maximum Gasteiger partial charge on any atom is 0.261 e. The lowest BCUT2D eigenvalue weighted by atomic mass is 9.91. The summed E-state index contributed by atoms with van der Waals surface area (Å²) in [5.41, 5.74) is 5.73. The molecule has 1 heterocycles. The van der Waals surface area contributed by atoms with Gasteiger partial charge < -0.3 is 10.5 Å². The molecule has 0 aromatic rings. The monoisotopic (exact) mass is 272 g/mol. The van der Waals surface area contributed by atoms with Crippen LogP contribution in [0.1, 0.15) is 19.8 Å². The molecule has 0 amide bonds. The highest BCUT2D eigenvalue weighted by atomic mass is 35.5. The van der Waals surface area contributed by atoms with Gasteiger partial charge in [0.15, 0.2) is 0 Å². The summed E-state index contributed by atoms with van der Waals surface area (Å²) in [5.74, 6) is 0.592. The molecule has 1 aliphatic rings. The van der Waals surface area contributed by atoms with Gasteiger partial charge >= 0.3 is 0 Å². The van der Waals surface area contributed by atoms with Crippen molar-refractivity contribution in [2.75, 3.05) is 32.8 Å². The van der Waals surface area contributed by atoms with Crippen LogP contribution < -0.4 is 5.73 Å². The van der Waals surface area contributed by atoms with E-state index in [4.69, 9.17) is 10.5 Å². The second-order valence-electron chi connectivity index (χ2n) is 4.42. The van der Waals surface area contributed by atoms with Crippen molar-refractivity contribution in [3.63, 3.8) is 0 Å². The number of alkyl halides is 2. The third-order valence-electron chi connectivity index (χ3n) is 3.24. The van der Waals surface area contributed by atoms with Gasteiger partial charge in [-0.2, -0.15) is 0 Å². The number of nitrogens with zero attached hydrogens (tertiary/aromatic N) is 1. The van der Waals surface area contributed by atoms with Crippen molar-refractivity contribution in [3.8, 4) is 0 Å². The number of piperidine rings is 1. The van der Waals surface area contributed by atoms with Gasteiger partial charge in [-0.25, -0.2) is 8.78 Å². The van der Waals surface area contributed by atoms with Gasteiger partial charge in [0.05, 0.1) is 6.61 Å². The van der Waals surface area contributed by atoms with E-state index >= 15 is 0 Å². The van der Waals surface area contributed by atoms with E-state index in [9.17, 15) is 8.78 Å². The molecule has 0 saturated carbocycles. The molecule has 0 spiro atoms. The zero-order chi connectivity index (χ0) is 12.0. The van der Waals surface area contributed by atoms with E-state index in [0.29, 0.717) is 31.7 Å². The fourth-order valence-corrected chi connectivity index (χ4v) is 2.35. The SMILES string of the molecule is CC1CCCN(CCOCC(F)F)C1CN.Cl. The molecule has 0 radical (unpaired) electrons. The first-order chi connectivity index (χ1) is 7.65. The molecule has 3 nitrogen and oxygen atoms in total. The zero-order valence-corrected chi connectivity index (χ0v) is 11.1. The van der Waals surface area contributed by atoms with Crippen LogP contribution in [-0.2, 0) is 4.74 Å². The topological polar surface area (TPSA) is 38.5 Å². The number of hydrogen-bond donors (Lipinski definition) is 1. The largest absolute Gasteiger partial charge is 0.374 e. The number of nitrogens with two attached hydrogens (primary N) is 1. The minimum absolute atomic E-state index is 0. The van der Waals surface area contributed by atoms with Gasteiger partial charge in [-0.1, -0.05) is 6.92 Å². The Labute approximate surface area is 108 Å². The van der Waals surface area contributed by atoms with Crippen LogP contribution >= 0.6 is 12.4 Å². The van der Waals surface area contributed by atoms with E-state index in [1.165, 1.54) is 6.42 Å². The lowest BCUT2D eigenvalue weighted by molar-refractivity contribution is -0.00128. The summed E-state index contributed by atoms with van der Waals surface area (Å²) in [6, 6.07) is 0.379. The second-order valence-corrected chi connectivity index (χ2v) is 4.42. The van der Waals surface area contributed by atoms with Crippen LogP contribution in [0.2, 0.25) is 0 Å². The normalized spacial score (nSPS) is 25.9. The van der Waals surface area contributed by atoms with Gasteiger partial charge in [-0.3, -0.25) is 4.90 Å². The predicted molar refractivity (Wildman–Crippen MR) is 66.9 cm³/mol. The van der Waals surface area contributed by atoms with Crippen LogP contribution in [0.3, 0.4) is 0 Å². The smallest absolute Gasteiger partial charge is 0.261 e. The number of halogens is 3. The van der Waals surface area contributed by atoms with Crippen molar-refractivity contribution in [2.45, 2.75) is 32.2 Å². The Morgan fingerprint density at radius 1 is 1.47 bits per heavy atom. The van der Waals surface area contributed by atoms with Crippen LogP contribution in [-0.4, -0.2) is 50.2 Å². The first-order valence-corrected chi connectivity index (χ1v) is 5.95. The summed E-state index contributed by atoms with van der Waals surface area (Å²) in [7, 11) is 0. The first kappa shape index (κ1) is 17.0. The molecule has 2 unspecified atom stereocenters. The third-order valence-corrected chi connectivity index (χ3v) is 3.24. The molecule has 0 aromatic heterocycles. The minimum atomic E-state index is -2.37. The average Bonchev–Trinajstić information content (AvgIpc) is 2.24. The lowest BCUT2D eigenvalue weighted by Gasteiger charge is -2.39. The quantitative estimate of drug-likeness (QED) is 0.749. The molecule has 1 fully saturated rings. The van der Waals surface area contributed by atoms with E-state index < -0.39 is 13.0 Å². The lowest BCUT2D eigenvalue weighted by Crippen LogP contribution is -2.49. The van der Waals surface area contributed by atoms with Crippen molar-refractivity contribution in [1.29, 1.82) is 0 Å². The minimum Gasteiger partial charge on any atom is -0.374 e. The van der Waals surface area contributed by atoms with Gasteiger partial charge in [0.25, 0.3) is 6.43 Å². The molecule has 1 saturated heterocycles. The Bertz CT molecular complexity index is 198. The standard InChI is InChI=1S/C11H22F2N2O.ClH/c1-9-3-2-4-15(10(9)7-14)5-6-16-8-11(12)13;/h9-11H,2-8,14H2,1H3;1H. The second kappa shape index (κ2) is 9.03. The van der Waals surface area contributed by atoms with Crippen LogP contribution in [0.4, 0.5) is 8.78 Å². The maximum absolute atomic E-state index is 11.8. The Balaban J connectivity index is 0.00000256. The summed E-state index contributed by atoms with van der Waals surface area (Å²) in [6.45, 7) is 4.45. The van der Waals surface area contributed by atoms with E-state index in [1.54, 1.807) is 0 Å². The van der Waals surface area contributed by atoms with E-state index in [-0.39, 0.29) is 12.4 Å². The Morgan fingerprint density at radius 2 is 2.18 bits per heavy atom. The van der Waals surface area contributed by atoms with Crippen molar-refractivity contribution >= 4 is 12.4 Å². The number of rotatable bonds is 6. The summed E-state index contributed by atoms with van der Waals surface area (Å²) in [6.07, 6.45) is -0.00597. The zero-order valence-electron chi connectivity index (χ0n) is 10.3. The van der Waals surface area contributed by atoms with Gasteiger partial charge in [-0.15, -0.1) is 12.4 Å². The fraction of sp³-hybridized carbons (Fsp3) is 1.00. The predicted octanol–water partition coefficient (Wildman–Crippen LogP) is 1.75. The molecule has 2 atom stereocenters. The third kappa shape index (κ3) is 5.95. The molecule has 0 aliphatic carbocycles. The van der Waals surface area contributed by atoms with Gasteiger partial charge in [0.1, 0.15) is 6.61 Å². The van der Waals surface area contributed by atoms with Crippen molar-refractivity contribution in [2.24, 2.45) is 11.7 Å². The van der Waals surface area contributed by atoms with Gasteiger partial charge in [-0.05, 0) is 25.3 Å². The van der Waals surface area contributed by atoms with Crippen molar-refractivity contribution in [3.05, 3.63) is 0 Å². The highest BCUT2D eigenvalue weighted by Gasteiger charge is 2.26. The molecular formula is C11H23ClF2N2O. The van der Waals surface area contributed by atoms with E-state index in [1.807, 2.05) is 0 Å². The van der Waals surface area contributed by atoms with E-state index in [0.717, 1.165) is 13.0 Å². The summed E-state index contributed by atoms with van der Waals surface area (Å²) in [5, 5.41) is 0. The highest BCUT2D eigenvalue weighted by molar-refractivity contribution is 5.85. The molecule has 6 heteroatoms. The molecule has 0 aromatic carbocycles. The van der Waals surface area contributed by atoms with Gasteiger partial charge in [0.2, 0.25) is 0 Å². The summed E-state index contributed by atoms with van der Waals surface area (Å²) in [4.78, 5) is 2.26. The van der Waals surface area contributed by atoms with Crippen LogP contribution in [0.5, 0.6) is 0 Å². The highest BCUT2D eigenvalue weighted by Crippen LogP contribution is 2.21. The van der Waals surface area contributed by atoms with Gasteiger partial charge in [0, 0.05) is 19.1 Å². The fourth-order valence-electron chi connectivity index (χ4n) is 2.35. The maximum atomic E-state index is 11.8. The number of ether oxygens (including phenoxy) is 1. The molecule has 1 aliphatic heterocycles. The Kier molecular flexibility index (Phi) is 9.04. The van der Waals surface area contributed by atoms with Crippen molar-refractivity contribution < 1.29 is 13.5 Å². The first-order valence-electron chi connectivity index (χ1n) is 5.95. The molecule has 1 rings (SSSR count). The molecule has 2 N–H and O–H groups in total. The molecule has 17 heavy (non-hydrogen) atoms. The van der Waals surface area contributed by atoms with Crippen LogP contribution in [0.15, 0.2) is 0 Å². The number of hydrogen-bond acceptors (Lipinski definition) is 3. The molecular weight excluding hydrogens is 250 g/mol. The molecule has 104 valence electrons. The Morgan fingerprint density at radius 3 is 2.76 bits per heavy atom. The molecule has 0 bridgehead atoms. The van der Waals surface area contributed by atoms with Crippen LogP contribution in [0.25, 0.3) is 0 Å². The van der Waals surface area contributed by atoms with E-state index in [2.05, 4.69) is 11.8 Å². The summed E-state index contributed by atoms with van der Waals surface area (Å²) >= 11 is 0. The Hall–Kier alpha value is 0.0300. The van der Waals surface area contributed by atoms with Crippen LogP contribution in [0, 0.1) is 5.92 Å². The number of likely N-dealkylation sites (tertiary alicyclic amines) is 1. The van der Waals surface area contributed by atoms with Crippen molar-refractivity contribution in [1.82, 2.24) is 4.90 Å². The summed E-state index contributed by atoms with van der Waals surface area (Å²) < 4.78 is 28.6. The average molecular weight is 273 g/mol.